The molecule has 0 unspecified atom stereocenters. The lowest BCUT2D eigenvalue weighted by Gasteiger charge is -2.28. The van der Waals surface area contributed by atoms with Gasteiger partial charge in [0.2, 0.25) is 0 Å². The van der Waals surface area contributed by atoms with Gasteiger partial charge in [-0.2, -0.15) is 0 Å². The van der Waals surface area contributed by atoms with Gasteiger partial charge in [-0.15, -0.1) is 0 Å². The van der Waals surface area contributed by atoms with Gasteiger partial charge >= 0.3 is 0 Å². The Morgan fingerprint density at radius 1 is 0.257 bits per heavy atom. The zero-order valence-corrected chi connectivity index (χ0v) is 40.2. The first-order chi connectivity index (χ1) is 36.7. The van der Waals surface area contributed by atoms with E-state index in [2.05, 4.69) is 275 Å². The summed E-state index contributed by atoms with van der Waals surface area (Å²) in [4.78, 5) is 2.42. The SMILES string of the molecule is c1ccc(-n2c3ccccc3c3cc(-c4ccc(N(c5ccc(-c6ccc7oc8ccccc8c7c6)cc5)c5ccc(-c6ccc7c8ccccc8n(-c8ccccc8)c7c6)cc5)c5ccccc45)ccc32)cc1. The molecule has 3 aromatic heterocycles. The lowest BCUT2D eigenvalue weighted by molar-refractivity contribution is 0.669. The normalized spacial score (nSPS) is 11.8. The summed E-state index contributed by atoms with van der Waals surface area (Å²) in [6.45, 7) is 0. The molecule has 15 rings (SSSR count). The van der Waals surface area contributed by atoms with Gasteiger partial charge in [0.15, 0.2) is 0 Å². The third kappa shape index (κ3) is 6.69. The Bertz CT molecular complexity index is 4640. The molecule has 0 saturated heterocycles. The minimum atomic E-state index is 0.897. The van der Waals surface area contributed by atoms with Crippen molar-refractivity contribution in [2.24, 2.45) is 0 Å². The number of hydrogen-bond acceptors (Lipinski definition) is 2. The molecule has 346 valence electrons. The van der Waals surface area contributed by atoms with Gasteiger partial charge in [0, 0.05) is 60.5 Å². The smallest absolute Gasteiger partial charge is 0.135 e. The molecule has 0 bridgehead atoms. The van der Waals surface area contributed by atoms with Crippen LogP contribution in [0.4, 0.5) is 17.1 Å². The van der Waals surface area contributed by atoms with Crippen molar-refractivity contribution >= 4 is 93.4 Å². The third-order valence-corrected chi connectivity index (χ3v) is 15.1. The summed E-state index contributed by atoms with van der Waals surface area (Å²) in [5.41, 5.74) is 19.1. The average molecular weight is 944 g/mol. The lowest BCUT2D eigenvalue weighted by atomic mass is 9.95. The molecule has 3 heterocycles. The minimum absolute atomic E-state index is 0.897. The number of hydrogen-bond donors (Lipinski definition) is 0. The Kier molecular flexibility index (Phi) is 9.54. The fourth-order valence-electron chi connectivity index (χ4n) is 11.7. The molecule has 0 atom stereocenters. The second-order valence-corrected chi connectivity index (χ2v) is 19.3. The maximum atomic E-state index is 6.20. The largest absolute Gasteiger partial charge is 0.456 e. The van der Waals surface area contributed by atoms with Crippen LogP contribution >= 0.6 is 0 Å². The van der Waals surface area contributed by atoms with E-state index in [1.807, 2.05) is 12.1 Å². The summed E-state index contributed by atoms with van der Waals surface area (Å²) in [7, 11) is 0. The van der Waals surface area contributed by atoms with Gasteiger partial charge in [-0.05, 0) is 142 Å². The standard InChI is InChI=1S/C70H45N3O/c1-3-15-51(16-4-1)72-65-25-13-10-22-59(65)62-44-50(32-40-67(62)72)55-39-41-66(57-20-8-7-19-56(55)57)71(53-34-27-46(28-35-53)48-33-42-70-63(43-48)61-23-11-14-26-69(61)74-70)54-36-29-47(30-37-54)49-31-38-60-58-21-9-12-24-64(58)73(68(60)45-49)52-17-5-2-6-18-52/h1-45H. The highest BCUT2D eigenvalue weighted by molar-refractivity contribution is 6.13. The van der Waals surface area contributed by atoms with Crippen molar-refractivity contribution in [1.29, 1.82) is 0 Å². The van der Waals surface area contributed by atoms with Crippen molar-refractivity contribution in [3.05, 3.63) is 273 Å². The monoisotopic (exact) mass is 943 g/mol. The van der Waals surface area contributed by atoms with Crippen molar-refractivity contribution in [1.82, 2.24) is 9.13 Å². The molecule has 0 saturated carbocycles. The molecule has 4 nitrogen and oxygen atoms in total. The number of anilines is 3. The molecule has 0 amide bonds. The Hall–Kier alpha value is -9.90. The first kappa shape index (κ1) is 41.8. The molecule has 0 fully saturated rings. The van der Waals surface area contributed by atoms with Gasteiger partial charge < -0.3 is 18.5 Å². The van der Waals surface area contributed by atoms with E-state index in [1.54, 1.807) is 0 Å². The van der Waals surface area contributed by atoms with Crippen molar-refractivity contribution in [3.8, 4) is 44.8 Å². The molecule has 0 aliphatic carbocycles. The Morgan fingerprint density at radius 2 is 0.716 bits per heavy atom. The van der Waals surface area contributed by atoms with Crippen LogP contribution in [0.2, 0.25) is 0 Å². The van der Waals surface area contributed by atoms with Crippen LogP contribution in [0.1, 0.15) is 0 Å². The second-order valence-electron chi connectivity index (χ2n) is 19.3. The fraction of sp³-hybridized carbons (Fsp3) is 0. The maximum Gasteiger partial charge on any atom is 0.135 e. The van der Waals surface area contributed by atoms with Crippen LogP contribution in [0.25, 0.3) is 121 Å². The van der Waals surface area contributed by atoms with E-state index in [0.717, 1.165) is 67.1 Å². The van der Waals surface area contributed by atoms with Gasteiger partial charge in [0.1, 0.15) is 11.2 Å². The minimum Gasteiger partial charge on any atom is -0.456 e. The molecule has 12 aromatic carbocycles. The first-order valence-corrected chi connectivity index (χ1v) is 25.3. The fourth-order valence-corrected chi connectivity index (χ4v) is 11.7. The summed E-state index contributed by atoms with van der Waals surface area (Å²) >= 11 is 0. The molecule has 0 spiro atoms. The molecular weight excluding hydrogens is 899 g/mol. The number of furan rings is 1. The number of nitrogens with zero attached hydrogens (tertiary/aromatic N) is 3. The van der Waals surface area contributed by atoms with E-state index in [-0.39, 0.29) is 0 Å². The zero-order chi connectivity index (χ0) is 48.7. The van der Waals surface area contributed by atoms with E-state index in [9.17, 15) is 0 Å². The molecular formula is C70H45N3O. The highest BCUT2D eigenvalue weighted by Crippen LogP contribution is 2.45. The van der Waals surface area contributed by atoms with Crippen molar-refractivity contribution < 1.29 is 4.42 Å². The van der Waals surface area contributed by atoms with Crippen LogP contribution in [0.5, 0.6) is 0 Å². The van der Waals surface area contributed by atoms with Crippen LogP contribution in [-0.2, 0) is 0 Å². The molecule has 4 heteroatoms. The predicted octanol–water partition coefficient (Wildman–Crippen LogP) is 19.4. The third-order valence-electron chi connectivity index (χ3n) is 15.1. The number of fused-ring (bicyclic) bond motifs is 10. The predicted molar refractivity (Wildman–Crippen MR) is 311 cm³/mol. The van der Waals surface area contributed by atoms with Crippen LogP contribution in [0.15, 0.2) is 277 Å². The lowest BCUT2D eigenvalue weighted by Crippen LogP contribution is -2.10. The molecule has 0 radical (unpaired) electrons. The van der Waals surface area contributed by atoms with E-state index in [1.165, 1.54) is 71.1 Å². The van der Waals surface area contributed by atoms with Crippen LogP contribution < -0.4 is 4.90 Å². The molecule has 0 N–H and O–H groups in total. The number of rotatable bonds is 8. The van der Waals surface area contributed by atoms with E-state index < -0.39 is 0 Å². The van der Waals surface area contributed by atoms with E-state index >= 15 is 0 Å². The molecule has 0 aliphatic rings. The van der Waals surface area contributed by atoms with Crippen LogP contribution in [-0.4, -0.2) is 9.13 Å². The topological polar surface area (TPSA) is 26.2 Å². The van der Waals surface area contributed by atoms with Crippen molar-refractivity contribution in [3.63, 3.8) is 0 Å². The number of benzene rings is 12. The van der Waals surface area contributed by atoms with Crippen LogP contribution in [0, 0.1) is 0 Å². The Balaban J connectivity index is 0.865. The van der Waals surface area contributed by atoms with Gasteiger partial charge in [0.05, 0.1) is 27.8 Å². The summed E-state index contributed by atoms with van der Waals surface area (Å²) in [5, 5.41) is 9.58. The highest BCUT2D eigenvalue weighted by atomic mass is 16.3. The second kappa shape index (κ2) is 16.9. The molecule has 0 aliphatic heterocycles. The van der Waals surface area contributed by atoms with E-state index in [0.29, 0.717) is 0 Å². The van der Waals surface area contributed by atoms with Crippen molar-refractivity contribution in [2.45, 2.75) is 0 Å². The van der Waals surface area contributed by atoms with Gasteiger partial charge in [0.25, 0.3) is 0 Å². The van der Waals surface area contributed by atoms with Gasteiger partial charge in [-0.25, -0.2) is 0 Å². The molecule has 15 aromatic rings. The van der Waals surface area contributed by atoms with Gasteiger partial charge in [-0.1, -0.05) is 170 Å². The summed E-state index contributed by atoms with van der Waals surface area (Å²) in [5.74, 6) is 0. The summed E-state index contributed by atoms with van der Waals surface area (Å²) in [6, 6.07) is 99.1. The summed E-state index contributed by atoms with van der Waals surface area (Å²) in [6.07, 6.45) is 0. The highest BCUT2D eigenvalue weighted by Gasteiger charge is 2.21. The Labute approximate surface area is 427 Å². The quantitative estimate of drug-likeness (QED) is 0.152. The number of aromatic nitrogens is 2. The zero-order valence-electron chi connectivity index (χ0n) is 40.2. The first-order valence-electron chi connectivity index (χ1n) is 25.3. The maximum absolute atomic E-state index is 6.20. The van der Waals surface area contributed by atoms with E-state index in [4.69, 9.17) is 4.42 Å². The average Bonchev–Trinajstić information content (AvgIpc) is 4.13. The number of para-hydroxylation sites is 5. The molecule has 74 heavy (non-hydrogen) atoms. The Morgan fingerprint density at radius 3 is 1.39 bits per heavy atom. The van der Waals surface area contributed by atoms with Crippen LogP contribution in [0.3, 0.4) is 0 Å². The van der Waals surface area contributed by atoms with Crippen molar-refractivity contribution in [2.75, 3.05) is 4.90 Å². The van der Waals surface area contributed by atoms with Gasteiger partial charge in [-0.3, -0.25) is 0 Å². The summed E-state index contributed by atoms with van der Waals surface area (Å²) < 4.78 is 11.0.